The molecule has 0 aliphatic rings. The summed E-state index contributed by atoms with van der Waals surface area (Å²) in [7, 11) is 1.61. The number of esters is 1. The van der Waals surface area contributed by atoms with E-state index < -0.39 is 5.97 Å². The Morgan fingerprint density at radius 2 is 1.77 bits per heavy atom. The number of thioether (sulfide) groups is 1. The van der Waals surface area contributed by atoms with Crippen LogP contribution in [0.15, 0.2) is 53.9 Å². The fourth-order valence-corrected chi connectivity index (χ4v) is 4.58. The van der Waals surface area contributed by atoms with E-state index in [0.29, 0.717) is 33.5 Å². The summed E-state index contributed by atoms with van der Waals surface area (Å²) in [5.74, 6) is 0.872. The first-order valence-electron chi connectivity index (χ1n) is 11.0. The molecule has 9 nitrogen and oxygen atoms in total. The Morgan fingerprint density at radius 1 is 1.06 bits per heavy atom. The standard InChI is InChI=1S/C25H25N5O4S/c1-5-34-24(32)21-15(2)22(27-16(21)3)20(31)14-35-25-29-28-23(17-10-12-26-13-11-17)30(25)18-6-8-19(33-4)9-7-18/h6-13,27H,5,14H2,1-4H3. The quantitative estimate of drug-likeness (QED) is 0.208. The highest BCUT2D eigenvalue weighted by atomic mass is 32.2. The van der Waals surface area contributed by atoms with Crippen molar-refractivity contribution < 1.29 is 19.1 Å². The molecule has 0 aliphatic heterocycles. The highest BCUT2D eigenvalue weighted by molar-refractivity contribution is 7.99. The van der Waals surface area contributed by atoms with Gasteiger partial charge in [0.15, 0.2) is 16.8 Å². The molecule has 0 unspecified atom stereocenters. The molecular weight excluding hydrogens is 466 g/mol. The molecule has 10 heteroatoms. The van der Waals surface area contributed by atoms with Gasteiger partial charge >= 0.3 is 5.97 Å². The summed E-state index contributed by atoms with van der Waals surface area (Å²) in [4.78, 5) is 32.5. The van der Waals surface area contributed by atoms with Gasteiger partial charge in [-0.3, -0.25) is 14.3 Å². The Bertz CT molecular complexity index is 1350. The van der Waals surface area contributed by atoms with Crippen molar-refractivity contribution in [2.45, 2.75) is 25.9 Å². The average molecular weight is 492 g/mol. The minimum atomic E-state index is -0.438. The largest absolute Gasteiger partial charge is 0.497 e. The molecule has 4 aromatic rings. The molecule has 3 aromatic heterocycles. The molecule has 0 radical (unpaired) electrons. The number of hydrogen-bond donors (Lipinski definition) is 1. The predicted molar refractivity (Wildman–Crippen MR) is 132 cm³/mol. The van der Waals surface area contributed by atoms with Gasteiger partial charge in [0.05, 0.1) is 30.7 Å². The fraction of sp³-hybridized carbons (Fsp3) is 0.240. The van der Waals surface area contributed by atoms with Gasteiger partial charge in [-0.05, 0) is 62.7 Å². The van der Waals surface area contributed by atoms with Gasteiger partial charge in [0.25, 0.3) is 0 Å². The summed E-state index contributed by atoms with van der Waals surface area (Å²) in [5.41, 5.74) is 3.66. The Labute approximate surface area is 206 Å². The lowest BCUT2D eigenvalue weighted by Crippen LogP contribution is -2.09. The van der Waals surface area contributed by atoms with Crippen molar-refractivity contribution in [3.63, 3.8) is 0 Å². The molecule has 0 amide bonds. The summed E-state index contributed by atoms with van der Waals surface area (Å²) >= 11 is 1.27. The second-order valence-electron chi connectivity index (χ2n) is 7.63. The van der Waals surface area contributed by atoms with E-state index in [4.69, 9.17) is 9.47 Å². The van der Waals surface area contributed by atoms with E-state index >= 15 is 0 Å². The van der Waals surface area contributed by atoms with Crippen LogP contribution in [0.5, 0.6) is 5.75 Å². The summed E-state index contributed by atoms with van der Waals surface area (Å²) in [6, 6.07) is 11.2. The number of H-pyrrole nitrogens is 1. The monoisotopic (exact) mass is 491 g/mol. The van der Waals surface area contributed by atoms with Gasteiger partial charge in [0, 0.05) is 29.3 Å². The number of aryl methyl sites for hydroxylation is 1. The molecule has 4 rings (SSSR count). The van der Waals surface area contributed by atoms with Crippen molar-refractivity contribution >= 4 is 23.5 Å². The molecule has 0 aliphatic carbocycles. The lowest BCUT2D eigenvalue weighted by molar-refractivity contribution is 0.0525. The van der Waals surface area contributed by atoms with Crippen molar-refractivity contribution in [1.82, 2.24) is 24.7 Å². The number of methoxy groups -OCH3 is 1. The molecule has 180 valence electrons. The van der Waals surface area contributed by atoms with Gasteiger partial charge in [0.1, 0.15) is 5.75 Å². The number of carbonyl (C=O) groups is 2. The number of Topliss-reactive ketones (excluding diaryl/α,β-unsaturated/α-hetero) is 1. The van der Waals surface area contributed by atoms with Crippen molar-refractivity contribution in [3.8, 4) is 22.8 Å². The van der Waals surface area contributed by atoms with Crippen LogP contribution in [0.2, 0.25) is 0 Å². The van der Waals surface area contributed by atoms with Gasteiger partial charge in [0.2, 0.25) is 0 Å². The maximum Gasteiger partial charge on any atom is 0.340 e. The Balaban J connectivity index is 1.64. The van der Waals surface area contributed by atoms with E-state index in [-0.39, 0.29) is 18.1 Å². The van der Waals surface area contributed by atoms with Crippen LogP contribution >= 0.6 is 11.8 Å². The summed E-state index contributed by atoms with van der Waals surface area (Å²) in [6.45, 7) is 5.51. The highest BCUT2D eigenvalue weighted by Crippen LogP contribution is 2.29. The molecule has 0 atom stereocenters. The predicted octanol–water partition coefficient (Wildman–Crippen LogP) is 4.43. The SMILES string of the molecule is CCOC(=O)c1c(C)[nH]c(C(=O)CSc2nnc(-c3ccncc3)n2-c2ccc(OC)cc2)c1C. The van der Waals surface area contributed by atoms with E-state index in [0.717, 1.165) is 17.0 Å². The maximum absolute atomic E-state index is 13.1. The molecule has 3 heterocycles. The number of aromatic nitrogens is 5. The Kier molecular flexibility index (Phi) is 7.31. The van der Waals surface area contributed by atoms with Crippen molar-refractivity contribution in [1.29, 1.82) is 0 Å². The number of rotatable bonds is 9. The molecule has 0 saturated heterocycles. The van der Waals surface area contributed by atoms with Crippen LogP contribution in [0, 0.1) is 13.8 Å². The summed E-state index contributed by atoms with van der Waals surface area (Å²) in [5, 5.41) is 9.31. The minimum Gasteiger partial charge on any atom is -0.497 e. The van der Waals surface area contributed by atoms with E-state index in [2.05, 4.69) is 20.2 Å². The summed E-state index contributed by atoms with van der Waals surface area (Å²) in [6.07, 6.45) is 3.38. The molecular formula is C25H25N5O4S. The third kappa shape index (κ3) is 4.97. The molecule has 0 fully saturated rings. The van der Waals surface area contributed by atoms with E-state index in [9.17, 15) is 9.59 Å². The molecule has 0 saturated carbocycles. The number of ketones is 1. The zero-order valence-electron chi connectivity index (χ0n) is 19.9. The van der Waals surface area contributed by atoms with Crippen LogP contribution in [0.1, 0.15) is 39.0 Å². The fourth-order valence-electron chi connectivity index (χ4n) is 3.76. The third-order valence-electron chi connectivity index (χ3n) is 5.43. The lowest BCUT2D eigenvalue weighted by atomic mass is 10.1. The first kappa shape index (κ1) is 24.2. The van der Waals surface area contributed by atoms with Gasteiger partial charge in [-0.2, -0.15) is 0 Å². The molecule has 0 spiro atoms. The smallest absolute Gasteiger partial charge is 0.340 e. The number of nitrogens with zero attached hydrogens (tertiary/aromatic N) is 4. The number of pyridine rings is 1. The van der Waals surface area contributed by atoms with Gasteiger partial charge in [-0.15, -0.1) is 10.2 Å². The lowest BCUT2D eigenvalue weighted by Gasteiger charge is -2.11. The topological polar surface area (TPSA) is 112 Å². The number of benzene rings is 1. The van der Waals surface area contributed by atoms with Crippen LogP contribution < -0.4 is 4.74 Å². The second kappa shape index (κ2) is 10.6. The third-order valence-corrected chi connectivity index (χ3v) is 6.36. The van der Waals surface area contributed by atoms with Gasteiger partial charge < -0.3 is 14.5 Å². The number of ether oxygens (including phenoxy) is 2. The maximum atomic E-state index is 13.1. The molecule has 1 N–H and O–H groups in total. The van der Waals surface area contributed by atoms with Gasteiger partial charge in [-0.25, -0.2) is 4.79 Å². The number of hydrogen-bond acceptors (Lipinski definition) is 8. The Morgan fingerprint density at radius 3 is 2.43 bits per heavy atom. The van der Waals surface area contributed by atoms with Crippen LogP contribution in [-0.2, 0) is 4.74 Å². The van der Waals surface area contributed by atoms with Crippen LogP contribution in [0.25, 0.3) is 17.1 Å². The van der Waals surface area contributed by atoms with Crippen LogP contribution in [0.3, 0.4) is 0 Å². The van der Waals surface area contributed by atoms with Gasteiger partial charge in [-0.1, -0.05) is 11.8 Å². The summed E-state index contributed by atoms with van der Waals surface area (Å²) < 4.78 is 12.3. The number of carbonyl (C=O) groups excluding carboxylic acids is 2. The Hall–Kier alpha value is -3.92. The van der Waals surface area contributed by atoms with Crippen molar-refractivity contribution in [2.24, 2.45) is 0 Å². The number of aromatic amines is 1. The number of nitrogens with one attached hydrogen (secondary N) is 1. The van der Waals surface area contributed by atoms with Crippen LogP contribution in [0.4, 0.5) is 0 Å². The highest BCUT2D eigenvalue weighted by Gasteiger charge is 2.24. The minimum absolute atomic E-state index is 0.105. The first-order chi connectivity index (χ1) is 16.9. The normalized spacial score (nSPS) is 10.9. The van der Waals surface area contributed by atoms with E-state index in [1.54, 1.807) is 40.3 Å². The molecule has 0 bridgehead atoms. The van der Waals surface area contributed by atoms with E-state index in [1.807, 2.05) is 41.0 Å². The van der Waals surface area contributed by atoms with E-state index in [1.165, 1.54) is 11.8 Å². The zero-order chi connectivity index (χ0) is 24.9. The molecule has 35 heavy (non-hydrogen) atoms. The second-order valence-corrected chi connectivity index (χ2v) is 8.58. The molecule has 1 aromatic carbocycles. The zero-order valence-corrected chi connectivity index (χ0v) is 20.7. The van der Waals surface area contributed by atoms with Crippen molar-refractivity contribution in [2.75, 3.05) is 19.5 Å². The van der Waals surface area contributed by atoms with Crippen LogP contribution in [-0.4, -0.2) is 56.0 Å². The van der Waals surface area contributed by atoms with Crippen molar-refractivity contribution in [3.05, 3.63) is 71.3 Å². The first-order valence-corrected chi connectivity index (χ1v) is 12.0. The average Bonchev–Trinajstić information content (AvgIpc) is 3.43.